The minimum absolute atomic E-state index is 0.0389. The Morgan fingerprint density at radius 2 is 1.46 bits per heavy atom. The number of carbonyl (C=O) groups excluding carboxylic acids is 1. The molecule has 0 spiro atoms. The summed E-state index contributed by atoms with van der Waals surface area (Å²) in [4.78, 5) is 12.8. The van der Waals surface area contributed by atoms with Gasteiger partial charge in [-0.3, -0.25) is 4.79 Å². The Kier molecular flexibility index (Phi) is 6.96. The standard InChI is InChI=1S/C23H21Cl2NO2/c1-2-28-21-13-5-16(6-14-21)22(26-20-11-9-19(25)10-12-20)15-23(27)17-3-7-18(24)8-4-17/h3-14,22,26H,2,15H2,1H3/t22-/m1/s1. The van der Waals surface area contributed by atoms with E-state index in [1.54, 1.807) is 24.3 Å². The van der Waals surface area contributed by atoms with Crippen molar-refractivity contribution >= 4 is 34.7 Å². The molecule has 0 amide bonds. The molecule has 1 atom stereocenters. The van der Waals surface area contributed by atoms with Crippen molar-refractivity contribution in [2.45, 2.75) is 19.4 Å². The van der Waals surface area contributed by atoms with Crippen LogP contribution in [0.4, 0.5) is 5.69 Å². The number of Topliss-reactive ketones (excluding diaryl/α,β-unsaturated/α-hetero) is 1. The first-order valence-electron chi connectivity index (χ1n) is 9.09. The summed E-state index contributed by atoms with van der Waals surface area (Å²) in [7, 11) is 0. The molecule has 28 heavy (non-hydrogen) atoms. The van der Waals surface area contributed by atoms with Crippen LogP contribution in [0.25, 0.3) is 0 Å². The number of anilines is 1. The van der Waals surface area contributed by atoms with E-state index in [1.165, 1.54) is 0 Å². The fourth-order valence-corrected chi connectivity index (χ4v) is 3.15. The lowest BCUT2D eigenvalue weighted by atomic mass is 9.97. The molecule has 0 radical (unpaired) electrons. The van der Waals surface area contributed by atoms with E-state index in [2.05, 4.69) is 5.32 Å². The van der Waals surface area contributed by atoms with Gasteiger partial charge in [0.15, 0.2) is 5.78 Å². The molecule has 3 nitrogen and oxygen atoms in total. The summed E-state index contributed by atoms with van der Waals surface area (Å²) in [5.74, 6) is 0.845. The predicted octanol–water partition coefficient (Wildman–Crippen LogP) is 6.82. The number of hydrogen-bond donors (Lipinski definition) is 1. The van der Waals surface area contributed by atoms with Crippen molar-refractivity contribution in [1.29, 1.82) is 0 Å². The van der Waals surface area contributed by atoms with Crippen LogP contribution in [0.15, 0.2) is 72.8 Å². The smallest absolute Gasteiger partial charge is 0.165 e. The summed E-state index contributed by atoms with van der Waals surface area (Å²) in [6, 6.07) is 22.0. The molecular formula is C23H21Cl2NO2. The topological polar surface area (TPSA) is 38.3 Å². The van der Waals surface area contributed by atoms with Crippen LogP contribution in [0.3, 0.4) is 0 Å². The third-order valence-electron chi connectivity index (χ3n) is 4.33. The zero-order valence-corrected chi connectivity index (χ0v) is 17.0. The first-order chi connectivity index (χ1) is 13.5. The number of ketones is 1. The zero-order valence-electron chi connectivity index (χ0n) is 15.5. The fraction of sp³-hybridized carbons (Fsp3) is 0.174. The Hall–Kier alpha value is -2.49. The van der Waals surface area contributed by atoms with E-state index in [4.69, 9.17) is 27.9 Å². The van der Waals surface area contributed by atoms with Crippen LogP contribution in [0.5, 0.6) is 5.75 Å². The molecule has 0 heterocycles. The van der Waals surface area contributed by atoms with Gasteiger partial charge in [-0.2, -0.15) is 0 Å². The first-order valence-corrected chi connectivity index (χ1v) is 9.84. The fourth-order valence-electron chi connectivity index (χ4n) is 2.90. The van der Waals surface area contributed by atoms with Crippen LogP contribution in [-0.2, 0) is 0 Å². The van der Waals surface area contributed by atoms with E-state index in [0.717, 1.165) is 17.0 Å². The van der Waals surface area contributed by atoms with Crippen molar-refractivity contribution in [1.82, 2.24) is 0 Å². The van der Waals surface area contributed by atoms with Gasteiger partial charge in [-0.15, -0.1) is 0 Å². The minimum atomic E-state index is -0.194. The van der Waals surface area contributed by atoms with Crippen LogP contribution >= 0.6 is 23.2 Å². The Morgan fingerprint density at radius 1 is 0.893 bits per heavy atom. The maximum absolute atomic E-state index is 12.8. The Balaban J connectivity index is 1.83. The lowest BCUT2D eigenvalue weighted by Crippen LogP contribution is -2.16. The monoisotopic (exact) mass is 413 g/mol. The zero-order chi connectivity index (χ0) is 19.9. The highest BCUT2D eigenvalue weighted by molar-refractivity contribution is 6.31. The van der Waals surface area contributed by atoms with Gasteiger partial charge in [-0.25, -0.2) is 0 Å². The molecule has 0 aliphatic rings. The molecule has 0 saturated heterocycles. The number of hydrogen-bond acceptors (Lipinski definition) is 3. The van der Waals surface area contributed by atoms with Crippen LogP contribution in [-0.4, -0.2) is 12.4 Å². The molecule has 5 heteroatoms. The van der Waals surface area contributed by atoms with Crippen molar-refractivity contribution in [2.75, 3.05) is 11.9 Å². The van der Waals surface area contributed by atoms with Crippen molar-refractivity contribution in [2.24, 2.45) is 0 Å². The van der Waals surface area contributed by atoms with Crippen LogP contribution in [0.2, 0.25) is 10.0 Å². The normalized spacial score (nSPS) is 11.7. The van der Waals surface area contributed by atoms with Gasteiger partial charge in [0.05, 0.1) is 12.6 Å². The number of nitrogens with one attached hydrogen (secondary N) is 1. The minimum Gasteiger partial charge on any atom is -0.494 e. The third kappa shape index (κ3) is 5.51. The second-order valence-electron chi connectivity index (χ2n) is 6.34. The molecule has 3 aromatic rings. The number of rotatable bonds is 8. The van der Waals surface area contributed by atoms with Crippen molar-refractivity contribution < 1.29 is 9.53 Å². The highest BCUT2D eigenvalue weighted by Gasteiger charge is 2.18. The molecule has 0 aliphatic heterocycles. The summed E-state index contributed by atoms with van der Waals surface area (Å²) < 4.78 is 5.52. The van der Waals surface area contributed by atoms with Crippen LogP contribution in [0, 0.1) is 0 Å². The van der Waals surface area contributed by atoms with Crippen molar-refractivity contribution in [3.63, 3.8) is 0 Å². The van der Waals surface area contributed by atoms with Gasteiger partial charge in [0.2, 0.25) is 0 Å². The van der Waals surface area contributed by atoms with Gasteiger partial charge < -0.3 is 10.1 Å². The molecule has 3 aromatic carbocycles. The number of halogens is 2. The quantitative estimate of drug-likeness (QED) is 0.411. The van der Waals surface area contributed by atoms with Gasteiger partial charge in [0, 0.05) is 27.7 Å². The highest BCUT2D eigenvalue weighted by atomic mass is 35.5. The maximum atomic E-state index is 12.8. The molecule has 0 aromatic heterocycles. The molecule has 0 aliphatic carbocycles. The van der Waals surface area contributed by atoms with Gasteiger partial charge in [-0.05, 0) is 73.2 Å². The van der Waals surface area contributed by atoms with Gasteiger partial charge in [0.25, 0.3) is 0 Å². The SMILES string of the molecule is CCOc1ccc([C@@H](CC(=O)c2ccc(Cl)cc2)Nc2ccc(Cl)cc2)cc1. The summed E-state index contributed by atoms with van der Waals surface area (Å²) in [5.41, 5.74) is 2.53. The largest absolute Gasteiger partial charge is 0.494 e. The van der Waals surface area contributed by atoms with E-state index >= 15 is 0 Å². The lowest BCUT2D eigenvalue weighted by Gasteiger charge is -2.20. The number of carbonyl (C=O) groups is 1. The molecule has 144 valence electrons. The number of benzene rings is 3. The van der Waals surface area contributed by atoms with Crippen LogP contribution in [0.1, 0.15) is 35.3 Å². The number of ether oxygens (including phenoxy) is 1. The summed E-state index contributed by atoms with van der Waals surface area (Å²) >= 11 is 11.9. The van der Waals surface area contributed by atoms with Crippen molar-refractivity contribution in [3.05, 3.63) is 94.0 Å². The molecular weight excluding hydrogens is 393 g/mol. The van der Waals surface area contributed by atoms with Gasteiger partial charge in [0.1, 0.15) is 5.75 Å². The molecule has 1 N–H and O–H groups in total. The van der Waals surface area contributed by atoms with Gasteiger partial charge in [-0.1, -0.05) is 35.3 Å². The Labute approximate surface area is 175 Å². The first kappa shape index (κ1) is 20.2. The lowest BCUT2D eigenvalue weighted by molar-refractivity contribution is 0.0976. The molecule has 0 saturated carbocycles. The molecule has 3 rings (SSSR count). The third-order valence-corrected chi connectivity index (χ3v) is 4.84. The summed E-state index contributed by atoms with van der Waals surface area (Å²) in [5, 5.41) is 4.72. The summed E-state index contributed by atoms with van der Waals surface area (Å²) in [6.45, 7) is 2.56. The molecule has 0 fully saturated rings. The highest BCUT2D eigenvalue weighted by Crippen LogP contribution is 2.27. The average molecular weight is 414 g/mol. The predicted molar refractivity (Wildman–Crippen MR) is 116 cm³/mol. The summed E-state index contributed by atoms with van der Waals surface area (Å²) in [6.07, 6.45) is 0.304. The second kappa shape index (κ2) is 9.63. The van der Waals surface area contributed by atoms with E-state index in [0.29, 0.717) is 28.6 Å². The Bertz CT molecular complexity index is 907. The van der Waals surface area contributed by atoms with E-state index in [9.17, 15) is 4.79 Å². The second-order valence-corrected chi connectivity index (χ2v) is 7.21. The average Bonchev–Trinajstić information content (AvgIpc) is 2.70. The Morgan fingerprint density at radius 3 is 2.04 bits per heavy atom. The van der Waals surface area contributed by atoms with E-state index in [-0.39, 0.29) is 11.8 Å². The van der Waals surface area contributed by atoms with Crippen LogP contribution < -0.4 is 10.1 Å². The van der Waals surface area contributed by atoms with Gasteiger partial charge >= 0.3 is 0 Å². The van der Waals surface area contributed by atoms with Crippen molar-refractivity contribution in [3.8, 4) is 5.75 Å². The van der Waals surface area contributed by atoms with E-state index in [1.807, 2.05) is 55.5 Å². The molecule has 0 bridgehead atoms. The van der Waals surface area contributed by atoms with E-state index < -0.39 is 0 Å². The maximum Gasteiger partial charge on any atom is 0.165 e. The molecule has 0 unspecified atom stereocenters.